The lowest BCUT2D eigenvalue weighted by atomic mass is 10.1. The van der Waals surface area contributed by atoms with Gasteiger partial charge in [0.25, 0.3) is 5.91 Å². The summed E-state index contributed by atoms with van der Waals surface area (Å²) in [6, 6.07) is 9.05. The number of hydrogen-bond donors (Lipinski definition) is 1. The Balaban J connectivity index is 2.29. The van der Waals surface area contributed by atoms with Crippen LogP contribution in [0.3, 0.4) is 0 Å². The third-order valence-electron chi connectivity index (χ3n) is 2.62. The van der Waals surface area contributed by atoms with Crippen LogP contribution in [0.2, 0.25) is 0 Å². The second-order valence-electron chi connectivity index (χ2n) is 3.95. The molecule has 0 spiro atoms. The van der Waals surface area contributed by atoms with Gasteiger partial charge in [0.15, 0.2) is 0 Å². The number of nitriles is 1. The van der Waals surface area contributed by atoms with Crippen molar-refractivity contribution in [3.8, 4) is 6.07 Å². The van der Waals surface area contributed by atoms with E-state index in [1.165, 1.54) is 18.5 Å². The molecule has 2 aromatic rings. The van der Waals surface area contributed by atoms with Crippen LogP contribution in [0.4, 0.5) is 5.69 Å². The Morgan fingerprint density at radius 2 is 2.21 bits per heavy atom. The molecule has 1 amide bonds. The van der Waals surface area contributed by atoms with Crippen molar-refractivity contribution in [1.29, 1.82) is 5.26 Å². The molecule has 1 aromatic heterocycles. The highest BCUT2D eigenvalue weighted by Crippen LogP contribution is 2.21. The molecule has 0 aliphatic rings. The van der Waals surface area contributed by atoms with Crippen LogP contribution in [0.25, 0.3) is 0 Å². The van der Waals surface area contributed by atoms with Crippen molar-refractivity contribution in [2.45, 2.75) is 6.92 Å². The molecule has 1 heterocycles. The highest BCUT2D eigenvalue weighted by Gasteiger charge is 2.12. The molecule has 0 atom stereocenters. The Morgan fingerprint density at radius 1 is 1.42 bits per heavy atom. The van der Waals surface area contributed by atoms with Crippen LogP contribution in [0.5, 0.6) is 0 Å². The van der Waals surface area contributed by atoms with Crippen molar-refractivity contribution >= 4 is 27.5 Å². The van der Waals surface area contributed by atoms with Gasteiger partial charge in [0.2, 0.25) is 0 Å². The zero-order chi connectivity index (χ0) is 13.8. The first-order valence-electron chi connectivity index (χ1n) is 5.53. The zero-order valence-corrected chi connectivity index (χ0v) is 11.7. The van der Waals surface area contributed by atoms with Gasteiger partial charge >= 0.3 is 0 Å². The van der Waals surface area contributed by atoms with E-state index in [9.17, 15) is 4.79 Å². The molecule has 1 aromatic carbocycles. The number of amides is 1. The number of rotatable bonds is 2. The molecule has 0 fully saturated rings. The normalized spacial score (nSPS) is 9.74. The van der Waals surface area contributed by atoms with Crippen molar-refractivity contribution in [1.82, 2.24) is 4.98 Å². The van der Waals surface area contributed by atoms with Crippen LogP contribution in [0.15, 0.2) is 41.1 Å². The molecule has 1 N–H and O–H groups in total. The average Bonchev–Trinajstić information content (AvgIpc) is 2.41. The third kappa shape index (κ3) is 2.98. The second kappa shape index (κ2) is 5.63. The molecule has 0 aliphatic heterocycles. The van der Waals surface area contributed by atoms with E-state index in [0.29, 0.717) is 11.3 Å². The van der Waals surface area contributed by atoms with Crippen LogP contribution in [0, 0.1) is 18.3 Å². The summed E-state index contributed by atoms with van der Waals surface area (Å²) in [5.41, 5.74) is 2.22. The lowest BCUT2D eigenvalue weighted by Crippen LogP contribution is -2.14. The van der Waals surface area contributed by atoms with E-state index in [0.717, 1.165) is 10.0 Å². The minimum Gasteiger partial charge on any atom is -0.322 e. The van der Waals surface area contributed by atoms with E-state index < -0.39 is 0 Å². The van der Waals surface area contributed by atoms with Gasteiger partial charge in [-0.3, -0.25) is 9.78 Å². The van der Waals surface area contributed by atoms with Gasteiger partial charge in [-0.1, -0.05) is 15.9 Å². The van der Waals surface area contributed by atoms with Crippen molar-refractivity contribution in [2.24, 2.45) is 0 Å². The van der Waals surface area contributed by atoms with Gasteiger partial charge in [0.1, 0.15) is 6.07 Å². The first kappa shape index (κ1) is 13.2. The molecule has 0 bridgehead atoms. The number of hydrogen-bond acceptors (Lipinski definition) is 3. The largest absolute Gasteiger partial charge is 0.322 e. The summed E-state index contributed by atoms with van der Waals surface area (Å²) in [7, 11) is 0. The standard InChI is InChI=1S/C14H10BrN3O/c1-9-6-11(15)2-3-13(9)18-14(19)12-8-17-5-4-10(12)7-16/h2-6,8H,1H3,(H,18,19). The van der Waals surface area contributed by atoms with Crippen LogP contribution in [-0.4, -0.2) is 10.9 Å². The molecule has 0 radical (unpaired) electrons. The molecular formula is C14H10BrN3O. The lowest BCUT2D eigenvalue weighted by molar-refractivity contribution is 0.102. The summed E-state index contributed by atoms with van der Waals surface area (Å²) < 4.78 is 0.946. The number of anilines is 1. The van der Waals surface area contributed by atoms with Crippen LogP contribution < -0.4 is 5.32 Å². The fourth-order valence-corrected chi connectivity index (χ4v) is 2.11. The van der Waals surface area contributed by atoms with Crippen molar-refractivity contribution in [3.63, 3.8) is 0 Å². The molecule has 0 unspecified atom stereocenters. The Morgan fingerprint density at radius 3 is 2.89 bits per heavy atom. The first-order valence-corrected chi connectivity index (χ1v) is 6.32. The summed E-state index contributed by atoms with van der Waals surface area (Å²) in [6.45, 7) is 1.90. The predicted molar refractivity (Wildman–Crippen MR) is 75.8 cm³/mol. The number of pyridine rings is 1. The van der Waals surface area contributed by atoms with E-state index in [4.69, 9.17) is 5.26 Å². The number of aryl methyl sites for hydroxylation is 1. The maximum absolute atomic E-state index is 12.1. The number of carbonyl (C=O) groups is 1. The Hall–Kier alpha value is -2.19. The van der Waals surface area contributed by atoms with E-state index >= 15 is 0 Å². The maximum Gasteiger partial charge on any atom is 0.258 e. The third-order valence-corrected chi connectivity index (χ3v) is 3.12. The number of aromatic nitrogens is 1. The van der Waals surface area contributed by atoms with E-state index in [-0.39, 0.29) is 11.5 Å². The molecule has 2 rings (SSSR count). The molecular weight excluding hydrogens is 306 g/mol. The fourth-order valence-electron chi connectivity index (χ4n) is 1.63. The van der Waals surface area contributed by atoms with E-state index in [1.54, 1.807) is 6.07 Å². The summed E-state index contributed by atoms with van der Waals surface area (Å²) in [6.07, 6.45) is 2.88. The Bertz CT molecular complexity index is 677. The highest BCUT2D eigenvalue weighted by atomic mass is 79.9. The summed E-state index contributed by atoms with van der Waals surface area (Å²) >= 11 is 3.36. The van der Waals surface area contributed by atoms with Gasteiger partial charge < -0.3 is 5.32 Å². The minimum absolute atomic E-state index is 0.271. The van der Waals surface area contributed by atoms with Crippen molar-refractivity contribution < 1.29 is 4.79 Å². The van der Waals surface area contributed by atoms with Crippen LogP contribution in [0.1, 0.15) is 21.5 Å². The summed E-state index contributed by atoms with van der Waals surface area (Å²) in [5.74, 6) is -0.338. The Labute approximate surface area is 119 Å². The van der Waals surface area contributed by atoms with Crippen molar-refractivity contribution in [3.05, 3.63) is 57.8 Å². The number of benzene rings is 1. The second-order valence-corrected chi connectivity index (χ2v) is 4.86. The van der Waals surface area contributed by atoms with Crippen molar-refractivity contribution in [2.75, 3.05) is 5.32 Å². The highest BCUT2D eigenvalue weighted by molar-refractivity contribution is 9.10. The van der Waals surface area contributed by atoms with E-state index in [2.05, 4.69) is 26.2 Å². The lowest BCUT2D eigenvalue weighted by Gasteiger charge is -2.09. The SMILES string of the molecule is Cc1cc(Br)ccc1NC(=O)c1cnccc1C#N. The number of halogens is 1. The molecule has 0 saturated carbocycles. The minimum atomic E-state index is -0.338. The zero-order valence-electron chi connectivity index (χ0n) is 10.1. The summed E-state index contributed by atoms with van der Waals surface area (Å²) in [5, 5.41) is 11.7. The van der Waals surface area contributed by atoms with Gasteiger partial charge in [-0.25, -0.2) is 0 Å². The number of nitrogens with one attached hydrogen (secondary N) is 1. The van der Waals surface area contributed by atoms with Gasteiger partial charge in [-0.15, -0.1) is 0 Å². The van der Waals surface area contributed by atoms with Crippen LogP contribution >= 0.6 is 15.9 Å². The molecule has 5 heteroatoms. The average molecular weight is 316 g/mol. The first-order chi connectivity index (χ1) is 9.11. The van der Waals surface area contributed by atoms with Gasteiger partial charge in [-0.2, -0.15) is 5.26 Å². The van der Waals surface area contributed by atoms with Gasteiger partial charge in [0.05, 0.1) is 11.1 Å². The molecule has 19 heavy (non-hydrogen) atoms. The topological polar surface area (TPSA) is 65.8 Å². The van der Waals surface area contributed by atoms with Gasteiger partial charge in [-0.05, 0) is 36.8 Å². The molecule has 94 valence electrons. The Kier molecular flexibility index (Phi) is 3.93. The molecule has 0 saturated heterocycles. The maximum atomic E-state index is 12.1. The van der Waals surface area contributed by atoms with Crippen LogP contribution in [-0.2, 0) is 0 Å². The predicted octanol–water partition coefficient (Wildman–Crippen LogP) is 3.28. The quantitative estimate of drug-likeness (QED) is 0.924. The van der Waals surface area contributed by atoms with E-state index in [1.807, 2.05) is 25.1 Å². The molecule has 4 nitrogen and oxygen atoms in total. The smallest absolute Gasteiger partial charge is 0.258 e. The number of carbonyl (C=O) groups excluding carboxylic acids is 1. The molecule has 0 aliphatic carbocycles. The van der Waals surface area contributed by atoms with Gasteiger partial charge in [0, 0.05) is 22.6 Å². The summed E-state index contributed by atoms with van der Waals surface area (Å²) in [4.78, 5) is 16.0. The monoisotopic (exact) mass is 315 g/mol. The fraction of sp³-hybridized carbons (Fsp3) is 0.0714. The number of nitrogens with zero attached hydrogens (tertiary/aromatic N) is 2.